The highest BCUT2D eigenvalue weighted by Gasteiger charge is 2.43. The molecule has 1 aromatic rings. The van der Waals surface area contributed by atoms with Crippen LogP contribution in [-0.4, -0.2) is 37.6 Å². The fraction of sp³-hybridized carbons (Fsp3) is 0.562. The number of rotatable bonds is 3. The molecular formula is C16H22N2O2. The second kappa shape index (κ2) is 5.44. The van der Waals surface area contributed by atoms with E-state index in [4.69, 9.17) is 4.74 Å². The topological polar surface area (TPSA) is 41.6 Å². The van der Waals surface area contributed by atoms with Crippen molar-refractivity contribution in [3.05, 3.63) is 29.8 Å². The normalized spacial score (nSPS) is 21.4. The van der Waals surface area contributed by atoms with Crippen LogP contribution in [0.2, 0.25) is 0 Å². The van der Waals surface area contributed by atoms with Crippen molar-refractivity contribution in [1.82, 2.24) is 10.2 Å². The molecule has 3 rings (SSSR count). The zero-order chi connectivity index (χ0) is 14.0. The molecule has 4 nitrogen and oxygen atoms in total. The van der Waals surface area contributed by atoms with Crippen LogP contribution in [0.3, 0.4) is 0 Å². The Morgan fingerprint density at radius 1 is 1.25 bits per heavy atom. The van der Waals surface area contributed by atoms with E-state index in [2.05, 4.69) is 5.32 Å². The summed E-state index contributed by atoms with van der Waals surface area (Å²) in [4.78, 5) is 14.3. The Labute approximate surface area is 120 Å². The molecule has 0 unspecified atom stereocenters. The molecule has 0 bridgehead atoms. The molecule has 108 valence electrons. The maximum Gasteiger partial charge on any atom is 0.223 e. The highest BCUT2D eigenvalue weighted by molar-refractivity contribution is 5.79. The summed E-state index contributed by atoms with van der Waals surface area (Å²) in [6.45, 7) is 3.73. The van der Waals surface area contributed by atoms with Gasteiger partial charge >= 0.3 is 0 Å². The van der Waals surface area contributed by atoms with Crippen molar-refractivity contribution >= 4 is 5.91 Å². The maximum absolute atomic E-state index is 12.3. The zero-order valence-electron chi connectivity index (χ0n) is 12.0. The fourth-order valence-corrected chi connectivity index (χ4v) is 3.37. The lowest BCUT2D eigenvalue weighted by Crippen LogP contribution is -2.38. The van der Waals surface area contributed by atoms with Crippen LogP contribution >= 0.6 is 0 Å². The average Bonchev–Trinajstić information content (AvgIpc) is 2.76. The molecule has 2 aliphatic heterocycles. The Morgan fingerprint density at radius 2 is 1.95 bits per heavy atom. The lowest BCUT2D eigenvalue weighted by Gasteiger charge is -2.33. The predicted molar refractivity (Wildman–Crippen MR) is 77.6 cm³/mol. The smallest absolute Gasteiger partial charge is 0.223 e. The number of hydrogen-bond acceptors (Lipinski definition) is 3. The van der Waals surface area contributed by atoms with Gasteiger partial charge in [-0.1, -0.05) is 12.1 Å². The Balaban J connectivity index is 1.66. The van der Waals surface area contributed by atoms with Crippen LogP contribution in [0, 0.1) is 5.41 Å². The van der Waals surface area contributed by atoms with E-state index < -0.39 is 0 Å². The van der Waals surface area contributed by atoms with E-state index in [1.807, 2.05) is 29.2 Å². The SMILES string of the molecule is COc1ccc(CN2CC3(CCNCC3)CC2=O)cc1. The summed E-state index contributed by atoms with van der Waals surface area (Å²) in [6.07, 6.45) is 2.97. The Hall–Kier alpha value is -1.55. The minimum absolute atomic E-state index is 0.231. The molecule has 2 fully saturated rings. The van der Waals surface area contributed by atoms with Gasteiger partial charge in [0.05, 0.1) is 7.11 Å². The van der Waals surface area contributed by atoms with Crippen molar-refractivity contribution < 1.29 is 9.53 Å². The van der Waals surface area contributed by atoms with Gasteiger partial charge in [-0.25, -0.2) is 0 Å². The summed E-state index contributed by atoms with van der Waals surface area (Å²) in [7, 11) is 1.67. The summed E-state index contributed by atoms with van der Waals surface area (Å²) >= 11 is 0. The molecule has 0 radical (unpaired) electrons. The van der Waals surface area contributed by atoms with Crippen LogP contribution in [-0.2, 0) is 11.3 Å². The van der Waals surface area contributed by atoms with Crippen LogP contribution in [0.1, 0.15) is 24.8 Å². The number of nitrogens with one attached hydrogen (secondary N) is 1. The average molecular weight is 274 g/mol. The minimum atomic E-state index is 0.231. The Kier molecular flexibility index (Phi) is 3.66. The molecular weight excluding hydrogens is 252 g/mol. The summed E-state index contributed by atoms with van der Waals surface area (Å²) in [5.41, 5.74) is 1.40. The highest BCUT2D eigenvalue weighted by atomic mass is 16.5. The molecule has 0 atom stereocenters. The lowest BCUT2D eigenvalue weighted by atomic mass is 9.78. The van der Waals surface area contributed by atoms with Gasteiger partial charge in [0.15, 0.2) is 0 Å². The van der Waals surface area contributed by atoms with Gasteiger partial charge in [0.2, 0.25) is 5.91 Å². The number of amides is 1. The predicted octanol–water partition coefficient (Wildman–Crippen LogP) is 1.80. The number of carbonyl (C=O) groups is 1. The van der Waals surface area contributed by atoms with Crippen LogP contribution in [0.5, 0.6) is 5.75 Å². The molecule has 20 heavy (non-hydrogen) atoms. The third kappa shape index (κ3) is 2.66. The minimum Gasteiger partial charge on any atom is -0.497 e. The van der Waals surface area contributed by atoms with Gasteiger partial charge in [0.1, 0.15) is 5.75 Å². The summed E-state index contributed by atoms with van der Waals surface area (Å²) < 4.78 is 5.16. The second-order valence-electron chi connectivity index (χ2n) is 6.02. The molecule has 1 spiro atoms. The molecule has 0 aromatic heterocycles. The third-order valence-corrected chi connectivity index (χ3v) is 4.60. The van der Waals surface area contributed by atoms with Crippen molar-refractivity contribution in [2.75, 3.05) is 26.7 Å². The van der Waals surface area contributed by atoms with Crippen molar-refractivity contribution in [1.29, 1.82) is 0 Å². The summed E-state index contributed by atoms with van der Waals surface area (Å²) in [5, 5.41) is 3.38. The molecule has 0 aliphatic carbocycles. The van der Waals surface area contributed by atoms with Crippen LogP contribution in [0.15, 0.2) is 24.3 Å². The molecule has 4 heteroatoms. The van der Waals surface area contributed by atoms with E-state index in [1.54, 1.807) is 7.11 Å². The van der Waals surface area contributed by atoms with E-state index in [0.717, 1.165) is 51.2 Å². The lowest BCUT2D eigenvalue weighted by molar-refractivity contribution is -0.128. The van der Waals surface area contributed by atoms with Crippen molar-refractivity contribution in [3.8, 4) is 5.75 Å². The number of carbonyl (C=O) groups excluding carboxylic acids is 1. The number of hydrogen-bond donors (Lipinski definition) is 1. The summed E-state index contributed by atoms with van der Waals surface area (Å²) in [6, 6.07) is 7.99. The third-order valence-electron chi connectivity index (χ3n) is 4.60. The first-order chi connectivity index (χ1) is 9.71. The van der Waals surface area contributed by atoms with Gasteiger partial charge in [0.25, 0.3) is 0 Å². The molecule has 1 N–H and O–H groups in total. The molecule has 1 aromatic carbocycles. The number of benzene rings is 1. The number of piperidine rings is 1. The van der Waals surface area contributed by atoms with Gasteiger partial charge in [-0.2, -0.15) is 0 Å². The second-order valence-corrected chi connectivity index (χ2v) is 6.02. The van der Waals surface area contributed by atoms with Gasteiger partial charge in [0, 0.05) is 19.5 Å². The monoisotopic (exact) mass is 274 g/mol. The number of ether oxygens (including phenoxy) is 1. The van der Waals surface area contributed by atoms with E-state index in [1.165, 1.54) is 5.56 Å². The largest absolute Gasteiger partial charge is 0.497 e. The van der Waals surface area contributed by atoms with Crippen LogP contribution < -0.4 is 10.1 Å². The fourth-order valence-electron chi connectivity index (χ4n) is 3.37. The van der Waals surface area contributed by atoms with E-state index in [0.29, 0.717) is 5.91 Å². The van der Waals surface area contributed by atoms with Crippen LogP contribution in [0.4, 0.5) is 0 Å². The van der Waals surface area contributed by atoms with Crippen molar-refractivity contribution in [2.45, 2.75) is 25.8 Å². The van der Waals surface area contributed by atoms with E-state index in [9.17, 15) is 4.79 Å². The Bertz CT molecular complexity index is 478. The van der Waals surface area contributed by atoms with Crippen LogP contribution in [0.25, 0.3) is 0 Å². The molecule has 2 saturated heterocycles. The van der Waals surface area contributed by atoms with E-state index >= 15 is 0 Å². The van der Waals surface area contributed by atoms with Crippen molar-refractivity contribution in [2.24, 2.45) is 5.41 Å². The van der Waals surface area contributed by atoms with Gasteiger partial charge in [-0.05, 0) is 49.0 Å². The van der Waals surface area contributed by atoms with E-state index in [-0.39, 0.29) is 5.41 Å². The number of methoxy groups -OCH3 is 1. The molecule has 2 aliphatic rings. The van der Waals surface area contributed by atoms with Gasteiger partial charge < -0.3 is 15.0 Å². The number of nitrogens with zero attached hydrogens (tertiary/aromatic N) is 1. The number of likely N-dealkylation sites (tertiary alicyclic amines) is 1. The molecule has 2 heterocycles. The first-order valence-corrected chi connectivity index (χ1v) is 7.32. The van der Waals surface area contributed by atoms with Crippen molar-refractivity contribution in [3.63, 3.8) is 0 Å². The van der Waals surface area contributed by atoms with Gasteiger partial charge in [-0.3, -0.25) is 4.79 Å². The zero-order valence-corrected chi connectivity index (χ0v) is 12.0. The maximum atomic E-state index is 12.3. The highest BCUT2D eigenvalue weighted by Crippen LogP contribution is 2.39. The standard InChI is InChI=1S/C16H22N2O2/c1-20-14-4-2-13(3-5-14)11-18-12-16(10-15(18)19)6-8-17-9-7-16/h2-5,17H,6-12H2,1H3. The summed E-state index contributed by atoms with van der Waals surface area (Å²) in [5.74, 6) is 1.17. The molecule has 0 saturated carbocycles. The van der Waals surface area contributed by atoms with Gasteiger partial charge in [-0.15, -0.1) is 0 Å². The first kappa shape index (κ1) is 13.4. The molecule has 1 amide bonds. The first-order valence-electron chi connectivity index (χ1n) is 7.32. The quantitative estimate of drug-likeness (QED) is 0.914. The Morgan fingerprint density at radius 3 is 2.60 bits per heavy atom.